The van der Waals surface area contributed by atoms with Crippen LogP contribution in [0.25, 0.3) is 6.08 Å². The van der Waals surface area contributed by atoms with Crippen LogP contribution in [0.1, 0.15) is 15.9 Å². The maximum atomic E-state index is 12.9. The largest absolute Gasteiger partial charge is 0.497 e. The van der Waals surface area contributed by atoms with Crippen molar-refractivity contribution in [3.05, 3.63) is 63.6 Å². The Balaban J connectivity index is 1.61. The molecule has 1 aliphatic heterocycles. The van der Waals surface area contributed by atoms with Crippen molar-refractivity contribution in [2.24, 2.45) is 0 Å². The standard InChI is InChI=1S/C22H22Cl2N2O4/c1-29-18-12-16(13-19(14-18)30-2)22(28)26-9-7-25(8-10-26)21(27)6-3-15-11-17(23)4-5-20(15)24/h3-6,11-14H,7-10H2,1-2H3/b6-3+. The second kappa shape index (κ2) is 9.87. The molecule has 0 N–H and O–H groups in total. The first-order valence-electron chi connectivity index (χ1n) is 9.35. The first kappa shape index (κ1) is 22.0. The molecule has 158 valence electrons. The number of carbonyl (C=O) groups excluding carboxylic acids is 2. The first-order valence-corrected chi connectivity index (χ1v) is 10.1. The summed E-state index contributed by atoms with van der Waals surface area (Å²) >= 11 is 12.1. The molecule has 0 aliphatic carbocycles. The molecule has 0 unspecified atom stereocenters. The number of rotatable bonds is 5. The third kappa shape index (κ3) is 5.26. The summed E-state index contributed by atoms with van der Waals surface area (Å²) in [5.74, 6) is 0.842. The van der Waals surface area contributed by atoms with E-state index in [1.54, 1.807) is 52.3 Å². The Bertz CT molecular complexity index is 947. The predicted molar refractivity (Wildman–Crippen MR) is 118 cm³/mol. The van der Waals surface area contributed by atoms with Gasteiger partial charge in [0.1, 0.15) is 11.5 Å². The zero-order valence-electron chi connectivity index (χ0n) is 16.7. The molecule has 0 aromatic heterocycles. The second-order valence-corrected chi connectivity index (χ2v) is 7.56. The molecule has 30 heavy (non-hydrogen) atoms. The van der Waals surface area contributed by atoms with E-state index in [9.17, 15) is 9.59 Å². The van der Waals surface area contributed by atoms with Crippen LogP contribution in [0.15, 0.2) is 42.5 Å². The van der Waals surface area contributed by atoms with E-state index in [1.165, 1.54) is 20.3 Å². The molecule has 2 aromatic carbocycles. The van der Waals surface area contributed by atoms with Gasteiger partial charge in [-0.05, 0) is 42.0 Å². The number of hydrogen-bond acceptors (Lipinski definition) is 4. The lowest BCUT2D eigenvalue weighted by Gasteiger charge is -2.34. The summed E-state index contributed by atoms with van der Waals surface area (Å²) in [6.45, 7) is 1.77. The molecule has 1 heterocycles. The summed E-state index contributed by atoms with van der Waals surface area (Å²) in [5.41, 5.74) is 1.17. The average molecular weight is 449 g/mol. The molecule has 8 heteroatoms. The molecule has 3 rings (SSSR count). The van der Waals surface area contributed by atoms with Crippen molar-refractivity contribution in [1.29, 1.82) is 0 Å². The Morgan fingerprint density at radius 2 is 1.50 bits per heavy atom. The Kier molecular flexibility index (Phi) is 7.24. The van der Waals surface area contributed by atoms with Crippen LogP contribution >= 0.6 is 23.2 Å². The van der Waals surface area contributed by atoms with Gasteiger partial charge >= 0.3 is 0 Å². The first-order chi connectivity index (χ1) is 14.4. The molecule has 6 nitrogen and oxygen atoms in total. The molecule has 0 spiro atoms. The highest BCUT2D eigenvalue weighted by Crippen LogP contribution is 2.24. The van der Waals surface area contributed by atoms with Gasteiger partial charge in [0.25, 0.3) is 5.91 Å². The van der Waals surface area contributed by atoms with Gasteiger partial charge in [0.05, 0.1) is 14.2 Å². The third-order valence-corrected chi connectivity index (χ3v) is 5.42. The Morgan fingerprint density at radius 3 is 2.10 bits per heavy atom. The minimum Gasteiger partial charge on any atom is -0.497 e. The lowest BCUT2D eigenvalue weighted by molar-refractivity contribution is -0.127. The van der Waals surface area contributed by atoms with Gasteiger partial charge < -0.3 is 19.3 Å². The molecule has 2 aromatic rings. The van der Waals surface area contributed by atoms with Crippen molar-refractivity contribution < 1.29 is 19.1 Å². The maximum Gasteiger partial charge on any atom is 0.254 e. The number of piperazine rings is 1. The molecule has 0 saturated carbocycles. The van der Waals surface area contributed by atoms with Crippen molar-refractivity contribution in [2.45, 2.75) is 0 Å². The van der Waals surface area contributed by atoms with Crippen molar-refractivity contribution >= 4 is 41.1 Å². The monoisotopic (exact) mass is 448 g/mol. The van der Waals surface area contributed by atoms with Crippen LogP contribution in [0.3, 0.4) is 0 Å². The van der Waals surface area contributed by atoms with E-state index in [4.69, 9.17) is 32.7 Å². The van der Waals surface area contributed by atoms with E-state index < -0.39 is 0 Å². The predicted octanol–water partition coefficient (Wildman–Crippen LogP) is 4.01. The molecular formula is C22H22Cl2N2O4. The summed E-state index contributed by atoms with van der Waals surface area (Å²) in [5, 5.41) is 1.07. The molecule has 1 saturated heterocycles. The number of ether oxygens (including phenoxy) is 2. The van der Waals surface area contributed by atoms with Crippen LogP contribution < -0.4 is 9.47 Å². The number of halogens is 2. The normalized spacial score (nSPS) is 14.1. The fourth-order valence-corrected chi connectivity index (χ4v) is 3.51. The minimum absolute atomic E-state index is 0.124. The Labute approximate surface area is 185 Å². The summed E-state index contributed by atoms with van der Waals surface area (Å²) in [6.07, 6.45) is 3.12. The van der Waals surface area contributed by atoms with Crippen LogP contribution in [-0.4, -0.2) is 62.0 Å². The van der Waals surface area contributed by atoms with Crippen molar-refractivity contribution in [3.63, 3.8) is 0 Å². The van der Waals surface area contributed by atoms with E-state index >= 15 is 0 Å². The van der Waals surface area contributed by atoms with Gasteiger partial charge in [-0.3, -0.25) is 9.59 Å². The molecule has 1 fully saturated rings. The minimum atomic E-state index is -0.138. The van der Waals surface area contributed by atoms with E-state index in [0.29, 0.717) is 58.9 Å². The van der Waals surface area contributed by atoms with Crippen molar-refractivity contribution in [1.82, 2.24) is 9.80 Å². The van der Waals surface area contributed by atoms with Crippen molar-refractivity contribution in [2.75, 3.05) is 40.4 Å². The number of benzene rings is 2. The zero-order valence-corrected chi connectivity index (χ0v) is 18.2. The zero-order chi connectivity index (χ0) is 21.7. The molecule has 0 radical (unpaired) electrons. The topological polar surface area (TPSA) is 59.1 Å². The smallest absolute Gasteiger partial charge is 0.254 e. The fourth-order valence-electron chi connectivity index (χ4n) is 3.15. The van der Waals surface area contributed by atoms with Gasteiger partial charge in [-0.1, -0.05) is 23.2 Å². The highest BCUT2D eigenvalue weighted by molar-refractivity contribution is 6.34. The van der Waals surface area contributed by atoms with Gasteiger partial charge in [-0.2, -0.15) is 0 Å². The number of amides is 2. The van der Waals surface area contributed by atoms with E-state index in [1.807, 2.05) is 0 Å². The second-order valence-electron chi connectivity index (χ2n) is 6.72. The van der Waals surface area contributed by atoms with Crippen LogP contribution in [-0.2, 0) is 4.79 Å². The van der Waals surface area contributed by atoms with Crippen molar-refractivity contribution in [3.8, 4) is 11.5 Å². The summed E-state index contributed by atoms with van der Waals surface area (Å²) in [4.78, 5) is 28.8. The van der Waals surface area contributed by atoms with Crippen LogP contribution in [0, 0.1) is 0 Å². The van der Waals surface area contributed by atoms with Gasteiger partial charge in [-0.25, -0.2) is 0 Å². The number of nitrogens with zero attached hydrogens (tertiary/aromatic N) is 2. The van der Waals surface area contributed by atoms with E-state index in [-0.39, 0.29) is 11.8 Å². The average Bonchev–Trinajstić information content (AvgIpc) is 2.78. The van der Waals surface area contributed by atoms with Gasteiger partial charge in [-0.15, -0.1) is 0 Å². The van der Waals surface area contributed by atoms with E-state index in [2.05, 4.69) is 0 Å². The number of methoxy groups -OCH3 is 2. The maximum absolute atomic E-state index is 12.9. The molecule has 1 aliphatic rings. The summed E-state index contributed by atoms with van der Waals surface area (Å²) in [6, 6.07) is 10.2. The van der Waals surface area contributed by atoms with Crippen LogP contribution in [0.5, 0.6) is 11.5 Å². The number of carbonyl (C=O) groups is 2. The highest BCUT2D eigenvalue weighted by Gasteiger charge is 2.24. The SMILES string of the molecule is COc1cc(OC)cc(C(=O)N2CCN(C(=O)/C=C/c3cc(Cl)ccc3Cl)CC2)c1. The summed E-state index contributed by atoms with van der Waals surface area (Å²) in [7, 11) is 3.08. The fraction of sp³-hybridized carbons (Fsp3) is 0.273. The molecular weight excluding hydrogens is 427 g/mol. The van der Waals surface area contributed by atoms with Crippen LogP contribution in [0.2, 0.25) is 10.0 Å². The van der Waals surface area contributed by atoms with Gasteiger partial charge in [0.2, 0.25) is 5.91 Å². The Hall–Kier alpha value is -2.70. The molecule has 0 bridgehead atoms. The van der Waals surface area contributed by atoms with Crippen LogP contribution in [0.4, 0.5) is 0 Å². The lowest BCUT2D eigenvalue weighted by Crippen LogP contribution is -2.50. The van der Waals surface area contributed by atoms with Gasteiger partial charge in [0.15, 0.2) is 0 Å². The lowest BCUT2D eigenvalue weighted by atomic mass is 10.1. The quantitative estimate of drug-likeness (QED) is 0.648. The van der Waals surface area contributed by atoms with Gasteiger partial charge in [0, 0.05) is 53.9 Å². The Morgan fingerprint density at radius 1 is 0.900 bits per heavy atom. The molecule has 2 amide bonds. The molecule has 0 atom stereocenters. The third-order valence-electron chi connectivity index (χ3n) is 4.84. The highest BCUT2D eigenvalue weighted by atomic mass is 35.5. The summed E-state index contributed by atoms with van der Waals surface area (Å²) < 4.78 is 10.5. The number of hydrogen-bond donors (Lipinski definition) is 0. The van der Waals surface area contributed by atoms with E-state index in [0.717, 1.165) is 0 Å².